The summed E-state index contributed by atoms with van der Waals surface area (Å²) in [5.74, 6) is 0. The predicted octanol–water partition coefficient (Wildman–Crippen LogP) is 3.36. The second kappa shape index (κ2) is 6.19. The fraction of sp³-hybridized carbons (Fsp3) is 0.400. The molecular weight excluding hydrogens is 281 g/mol. The Morgan fingerprint density at radius 1 is 1.48 bits per heavy atom. The summed E-state index contributed by atoms with van der Waals surface area (Å²) in [4.78, 5) is 1.84. The molecule has 0 spiro atoms. The van der Waals surface area contributed by atoms with Crippen molar-refractivity contribution in [2.24, 2.45) is 0 Å². The average Bonchev–Trinajstić information content (AvgIpc) is 2.92. The first-order valence-corrected chi connectivity index (χ1v) is 6.54. The standard InChI is InChI=1S/C15H15F3N2O/c1-2-7-21-13-5-6-20(10-13)12-4-3-11(9-19)14(8-12)15(16,17)18/h2-4,8,13H,1,5-7,10H2. The van der Waals surface area contributed by atoms with Crippen LogP contribution in [0.3, 0.4) is 0 Å². The maximum atomic E-state index is 12.9. The van der Waals surface area contributed by atoms with Crippen LogP contribution in [0.2, 0.25) is 0 Å². The van der Waals surface area contributed by atoms with Gasteiger partial charge >= 0.3 is 6.18 Å². The number of benzene rings is 1. The van der Waals surface area contributed by atoms with Gasteiger partial charge in [-0.05, 0) is 24.6 Å². The van der Waals surface area contributed by atoms with Crippen LogP contribution in [0, 0.1) is 11.3 Å². The Balaban J connectivity index is 2.19. The van der Waals surface area contributed by atoms with Crippen LogP contribution in [-0.2, 0) is 10.9 Å². The van der Waals surface area contributed by atoms with E-state index in [2.05, 4.69) is 6.58 Å². The molecule has 1 aliphatic heterocycles. The summed E-state index contributed by atoms with van der Waals surface area (Å²) in [6, 6.07) is 5.38. The molecule has 3 nitrogen and oxygen atoms in total. The van der Waals surface area contributed by atoms with Crippen molar-refractivity contribution in [3.05, 3.63) is 42.0 Å². The van der Waals surface area contributed by atoms with Gasteiger partial charge in [-0.1, -0.05) is 6.08 Å². The molecule has 1 unspecified atom stereocenters. The van der Waals surface area contributed by atoms with E-state index < -0.39 is 11.7 Å². The summed E-state index contributed by atoms with van der Waals surface area (Å²) in [6.45, 7) is 5.16. The summed E-state index contributed by atoms with van der Waals surface area (Å²) >= 11 is 0. The molecule has 1 aromatic rings. The first-order chi connectivity index (χ1) is 9.95. The summed E-state index contributed by atoms with van der Waals surface area (Å²) in [5, 5.41) is 8.78. The lowest BCUT2D eigenvalue weighted by molar-refractivity contribution is -0.137. The molecule has 21 heavy (non-hydrogen) atoms. The van der Waals surface area contributed by atoms with Gasteiger partial charge in [0.2, 0.25) is 0 Å². The molecule has 2 rings (SSSR count). The van der Waals surface area contributed by atoms with Crippen molar-refractivity contribution in [1.82, 2.24) is 0 Å². The molecule has 1 saturated heterocycles. The maximum absolute atomic E-state index is 12.9. The fourth-order valence-corrected chi connectivity index (χ4v) is 2.36. The number of rotatable bonds is 4. The number of hydrogen-bond acceptors (Lipinski definition) is 3. The second-order valence-electron chi connectivity index (χ2n) is 4.82. The molecule has 112 valence electrons. The number of nitriles is 1. The van der Waals surface area contributed by atoms with E-state index in [9.17, 15) is 13.2 Å². The largest absolute Gasteiger partial charge is 0.417 e. The summed E-state index contributed by atoms with van der Waals surface area (Å²) < 4.78 is 44.3. The zero-order valence-corrected chi connectivity index (χ0v) is 11.4. The van der Waals surface area contributed by atoms with Crippen LogP contribution in [0.4, 0.5) is 18.9 Å². The highest BCUT2D eigenvalue weighted by molar-refractivity contribution is 5.55. The smallest absolute Gasteiger partial charge is 0.372 e. The van der Waals surface area contributed by atoms with E-state index >= 15 is 0 Å². The molecule has 0 aliphatic carbocycles. The number of ether oxygens (including phenoxy) is 1. The first kappa shape index (κ1) is 15.4. The number of hydrogen-bond donors (Lipinski definition) is 0. The lowest BCUT2D eigenvalue weighted by Gasteiger charge is -2.20. The van der Waals surface area contributed by atoms with Crippen LogP contribution in [0.5, 0.6) is 0 Å². The predicted molar refractivity (Wildman–Crippen MR) is 72.9 cm³/mol. The Bertz CT molecular complexity index is 563. The van der Waals surface area contributed by atoms with Gasteiger partial charge in [-0.25, -0.2) is 0 Å². The van der Waals surface area contributed by atoms with Gasteiger partial charge in [0.25, 0.3) is 0 Å². The van der Waals surface area contributed by atoms with Gasteiger partial charge in [0, 0.05) is 18.8 Å². The van der Waals surface area contributed by atoms with E-state index in [-0.39, 0.29) is 11.7 Å². The Hall–Kier alpha value is -2.00. The van der Waals surface area contributed by atoms with Crippen LogP contribution in [0.1, 0.15) is 17.5 Å². The molecular formula is C15H15F3N2O. The SMILES string of the molecule is C=CCOC1CCN(c2ccc(C#N)c(C(F)(F)F)c2)C1. The summed E-state index contributed by atoms with van der Waals surface area (Å²) in [7, 11) is 0. The van der Waals surface area contributed by atoms with Crippen molar-refractivity contribution in [3.63, 3.8) is 0 Å². The van der Waals surface area contributed by atoms with Crippen LogP contribution in [0.25, 0.3) is 0 Å². The summed E-state index contributed by atoms with van der Waals surface area (Å²) in [6.07, 6.45) is -2.13. The van der Waals surface area contributed by atoms with E-state index in [0.717, 1.165) is 12.5 Å². The third-order valence-corrected chi connectivity index (χ3v) is 3.39. The normalized spacial score (nSPS) is 18.6. The second-order valence-corrected chi connectivity index (χ2v) is 4.82. The van der Waals surface area contributed by atoms with E-state index in [4.69, 9.17) is 10.00 Å². The highest BCUT2D eigenvalue weighted by atomic mass is 19.4. The molecule has 0 N–H and O–H groups in total. The van der Waals surface area contributed by atoms with Crippen molar-refractivity contribution in [2.75, 3.05) is 24.6 Å². The topological polar surface area (TPSA) is 36.3 Å². The zero-order valence-electron chi connectivity index (χ0n) is 11.4. The molecule has 6 heteroatoms. The van der Waals surface area contributed by atoms with E-state index in [0.29, 0.717) is 25.4 Å². The van der Waals surface area contributed by atoms with Crippen molar-refractivity contribution in [1.29, 1.82) is 5.26 Å². The molecule has 1 fully saturated rings. The molecule has 0 amide bonds. The third kappa shape index (κ3) is 3.56. The highest BCUT2D eigenvalue weighted by Gasteiger charge is 2.34. The van der Waals surface area contributed by atoms with E-state index in [1.165, 1.54) is 6.07 Å². The maximum Gasteiger partial charge on any atom is 0.417 e. The molecule has 0 radical (unpaired) electrons. The molecule has 1 aromatic carbocycles. The monoisotopic (exact) mass is 296 g/mol. The number of anilines is 1. The molecule has 1 atom stereocenters. The minimum Gasteiger partial charge on any atom is -0.372 e. The molecule has 0 saturated carbocycles. The Kier molecular flexibility index (Phi) is 4.53. The van der Waals surface area contributed by atoms with Crippen molar-refractivity contribution < 1.29 is 17.9 Å². The van der Waals surface area contributed by atoms with Crippen LogP contribution in [-0.4, -0.2) is 25.8 Å². The Morgan fingerprint density at radius 3 is 2.86 bits per heavy atom. The molecule has 1 heterocycles. The third-order valence-electron chi connectivity index (χ3n) is 3.39. The van der Waals surface area contributed by atoms with Gasteiger partial charge in [-0.3, -0.25) is 0 Å². The number of halogens is 3. The molecule has 0 bridgehead atoms. The lowest BCUT2D eigenvalue weighted by Crippen LogP contribution is -2.23. The van der Waals surface area contributed by atoms with Crippen LogP contribution >= 0.6 is 0 Å². The number of nitrogens with zero attached hydrogens (tertiary/aromatic N) is 2. The first-order valence-electron chi connectivity index (χ1n) is 6.54. The van der Waals surface area contributed by atoms with E-state index in [1.54, 1.807) is 18.2 Å². The molecule has 1 aliphatic rings. The van der Waals surface area contributed by atoms with E-state index in [1.807, 2.05) is 4.90 Å². The number of alkyl halides is 3. The minimum atomic E-state index is -4.53. The van der Waals surface area contributed by atoms with Gasteiger partial charge < -0.3 is 9.64 Å². The van der Waals surface area contributed by atoms with Gasteiger partial charge in [-0.15, -0.1) is 6.58 Å². The quantitative estimate of drug-likeness (QED) is 0.799. The Labute approximate surface area is 121 Å². The van der Waals surface area contributed by atoms with Crippen molar-refractivity contribution in [3.8, 4) is 6.07 Å². The fourth-order valence-electron chi connectivity index (χ4n) is 2.36. The van der Waals surface area contributed by atoms with Gasteiger partial charge in [-0.2, -0.15) is 18.4 Å². The molecule has 0 aromatic heterocycles. The van der Waals surface area contributed by atoms with Crippen LogP contribution in [0.15, 0.2) is 30.9 Å². The van der Waals surface area contributed by atoms with Gasteiger partial charge in [0.15, 0.2) is 0 Å². The zero-order chi connectivity index (χ0) is 15.5. The van der Waals surface area contributed by atoms with Gasteiger partial charge in [0.1, 0.15) is 0 Å². The highest BCUT2D eigenvalue weighted by Crippen LogP contribution is 2.35. The van der Waals surface area contributed by atoms with Crippen molar-refractivity contribution in [2.45, 2.75) is 18.7 Å². The lowest BCUT2D eigenvalue weighted by atomic mass is 10.1. The minimum absolute atomic E-state index is 0.00650. The summed E-state index contributed by atoms with van der Waals surface area (Å²) in [5.41, 5.74) is -0.783. The average molecular weight is 296 g/mol. The Morgan fingerprint density at radius 2 is 2.24 bits per heavy atom. The van der Waals surface area contributed by atoms with Crippen LogP contribution < -0.4 is 4.90 Å². The van der Waals surface area contributed by atoms with Crippen molar-refractivity contribution >= 4 is 5.69 Å². The van der Waals surface area contributed by atoms with Gasteiger partial charge in [0.05, 0.1) is 29.9 Å².